The zero-order valence-corrected chi connectivity index (χ0v) is 16.7. The molecule has 0 aromatic rings. The predicted molar refractivity (Wildman–Crippen MR) is 103 cm³/mol. The lowest BCUT2D eigenvalue weighted by molar-refractivity contribution is -0.128. The van der Waals surface area contributed by atoms with Gasteiger partial charge in [0.2, 0.25) is 0 Å². The SMILES string of the molecule is CN(CCN)C1CCC2C3CC[C@H]4CC(O)CC[C@]4(C)C3CC[C@@]21C. The second-order valence-electron chi connectivity index (χ2n) is 10.5. The average molecular weight is 349 g/mol. The number of nitrogens with zero attached hydrogens (tertiary/aromatic N) is 1. The summed E-state index contributed by atoms with van der Waals surface area (Å²) in [5, 5.41) is 10.2. The van der Waals surface area contributed by atoms with Crippen LogP contribution in [-0.2, 0) is 0 Å². The van der Waals surface area contributed by atoms with E-state index in [0.717, 1.165) is 55.6 Å². The molecule has 0 spiro atoms. The summed E-state index contributed by atoms with van der Waals surface area (Å²) in [5.74, 6) is 3.54. The number of aliphatic hydroxyl groups excluding tert-OH is 1. The predicted octanol–water partition coefficient (Wildman–Crippen LogP) is 3.65. The summed E-state index contributed by atoms with van der Waals surface area (Å²) >= 11 is 0. The Kier molecular flexibility index (Phi) is 4.74. The first-order valence-electron chi connectivity index (χ1n) is 11.0. The van der Waals surface area contributed by atoms with Crippen molar-refractivity contribution < 1.29 is 5.11 Å². The Balaban J connectivity index is 1.56. The first-order valence-corrected chi connectivity index (χ1v) is 11.0. The van der Waals surface area contributed by atoms with E-state index in [1.54, 1.807) is 0 Å². The Hall–Kier alpha value is -0.120. The monoisotopic (exact) mass is 348 g/mol. The second kappa shape index (κ2) is 6.49. The second-order valence-corrected chi connectivity index (χ2v) is 10.5. The number of likely N-dealkylation sites (N-methyl/N-ethyl adjacent to an activating group) is 1. The quantitative estimate of drug-likeness (QED) is 0.818. The van der Waals surface area contributed by atoms with Crippen molar-refractivity contribution in [2.75, 3.05) is 20.1 Å². The topological polar surface area (TPSA) is 49.5 Å². The van der Waals surface area contributed by atoms with E-state index in [1.807, 2.05) is 0 Å². The van der Waals surface area contributed by atoms with Gasteiger partial charge in [0.25, 0.3) is 0 Å². The van der Waals surface area contributed by atoms with E-state index in [9.17, 15) is 5.11 Å². The molecule has 4 aliphatic rings. The molecule has 3 N–H and O–H groups in total. The molecule has 25 heavy (non-hydrogen) atoms. The van der Waals surface area contributed by atoms with Crippen molar-refractivity contribution in [3.05, 3.63) is 0 Å². The van der Waals surface area contributed by atoms with E-state index in [1.165, 1.54) is 44.9 Å². The summed E-state index contributed by atoms with van der Waals surface area (Å²) in [6.07, 6.45) is 11.8. The minimum Gasteiger partial charge on any atom is -0.393 e. The molecule has 0 saturated heterocycles. The van der Waals surface area contributed by atoms with Gasteiger partial charge in [-0.15, -0.1) is 0 Å². The highest BCUT2D eigenvalue weighted by molar-refractivity contribution is 5.11. The van der Waals surface area contributed by atoms with Crippen molar-refractivity contribution >= 4 is 0 Å². The van der Waals surface area contributed by atoms with Crippen molar-refractivity contribution in [2.24, 2.45) is 40.2 Å². The van der Waals surface area contributed by atoms with Crippen LogP contribution in [0.2, 0.25) is 0 Å². The van der Waals surface area contributed by atoms with E-state index in [2.05, 4.69) is 25.8 Å². The Morgan fingerprint density at radius 1 is 0.960 bits per heavy atom. The Morgan fingerprint density at radius 2 is 1.68 bits per heavy atom. The van der Waals surface area contributed by atoms with Gasteiger partial charge in [0.15, 0.2) is 0 Å². The largest absolute Gasteiger partial charge is 0.393 e. The van der Waals surface area contributed by atoms with Gasteiger partial charge in [0.1, 0.15) is 0 Å². The fraction of sp³-hybridized carbons (Fsp3) is 1.00. The number of aliphatic hydroxyl groups is 1. The van der Waals surface area contributed by atoms with Crippen LogP contribution >= 0.6 is 0 Å². The minimum atomic E-state index is -0.0238. The molecule has 0 bridgehead atoms. The maximum Gasteiger partial charge on any atom is 0.0543 e. The molecule has 4 rings (SSSR count). The number of hydrogen-bond acceptors (Lipinski definition) is 3. The first kappa shape index (κ1) is 18.3. The molecule has 4 saturated carbocycles. The zero-order valence-electron chi connectivity index (χ0n) is 16.7. The molecule has 3 heteroatoms. The van der Waals surface area contributed by atoms with Crippen molar-refractivity contribution in [1.29, 1.82) is 0 Å². The molecule has 4 aliphatic carbocycles. The maximum absolute atomic E-state index is 10.2. The highest BCUT2D eigenvalue weighted by atomic mass is 16.3. The average Bonchev–Trinajstić information content (AvgIpc) is 2.93. The molecule has 4 fully saturated rings. The smallest absolute Gasteiger partial charge is 0.0543 e. The molecule has 0 heterocycles. The summed E-state index contributed by atoms with van der Waals surface area (Å²) < 4.78 is 0. The van der Waals surface area contributed by atoms with Crippen LogP contribution in [0.25, 0.3) is 0 Å². The summed E-state index contributed by atoms with van der Waals surface area (Å²) in [5.41, 5.74) is 6.86. The molecule has 0 aromatic heterocycles. The normalized spacial score (nSPS) is 52.6. The van der Waals surface area contributed by atoms with Crippen LogP contribution in [0.1, 0.15) is 71.6 Å². The molecule has 0 aliphatic heterocycles. The van der Waals surface area contributed by atoms with Gasteiger partial charge in [-0.1, -0.05) is 13.8 Å². The summed E-state index contributed by atoms with van der Waals surface area (Å²) in [6.45, 7) is 7.02. The van der Waals surface area contributed by atoms with Crippen LogP contribution in [0.5, 0.6) is 0 Å². The van der Waals surface area contributed by atoms with Crippen LogP contribution in [0.15, 0.2) is 0 Å². The standard InChI is InChI=1S/C22H40N2O/c1-21-10-8-16(25)14-15(21)4-5-17-18-6-7-20(24(3)13-12-23)22(18,2)11-9-19(17)21/h15-20,25H,4-14,23H2,1-3H3/t15-,16?,17?,18?,19?,20?,21-,22-/m0/s1. The Bertz CT molecular complexity index is 496. The van der Waals surface area contributed by atoms with Crippen molar-refractivity contribution in [3.8, 4) is 0 Å². The third-order valence-electron chi connectivity index (χ3n) is 9.60. The van der Waals surface area contributed by atoms with Crippen molar-refractivity contribution in [1.82, 2.24) is 4.90 Å². The van der Waals surface area contributed by atoms with E-state index in [0.29, 0.717) is 10.8 Å². The molecule has 0 radical (unpaired) electrons. The molecule has 0 aromatic carbocycles. The van der Waals surface area contributed by atoms with Gasteiger partial charge in [0.05, 0.1) is 6.10 Å². The summed E-state index contributed by atoms with van der Waals surface area (Å²) in [7, 11) is 2.30. The fourth-order valence-corrected chi connectivity index (χ4v) is 8.29. The molecular weight excluding hydrogens is 308 g/mol. The third-order valence-corrected chi connectivity index (χ3v) is 9.60. The summed E-state index contributed by atoms with van der Waals surface area (Å²) in [4.78, 5) is 2.57. The lowest BCUT2D eigenvalue weighted by atomic mass is 9.45. The van der Waals surface area contributed by atoms with Crippen LogP contribution in [0.3, 0.4) is 0 Å². The van der Waals surface area contributed by atoms with Crippen LogP contribution in [0.4, 0.5) is 0 Å². The van der Waals surface area contributed by atoms with Gasteiger partial charge in [-0.3, -0.25) is 0 Å². The van der Waals surface area contributed by atoms with Crippen molar-refractivity contribution in [2.45, 2.75) is 83.8 Å². The third kappa shape index (κ3) is 2.72. The number of fused-ring (bicyclic) bond motifs is 5. The van der Waals surface area contributed by atoms with Gasteiger partial charge in [0, 0.05) is 19.1 Å². The van der Waals surface area contributed by atoms with Gasteiger partial charge in [-0.05, 0) is 99.3 Å². The Morgan fingerprint density at radius 3 is 2.44 bits per heavy atom. The van der Waals surface area contributed by atoms with Crippen LogP contribution in [0, 0.1) is 34.5 Å². The minimum absolute atomic E-state index is 0.0238. The lowest BCUT2D eigenvalue weighted by Crippen LogP contribution is -2.56. The van der Waals surface area contributed by atoms with Crippen LogP contribution in [-0.4, -0.2) is 42.3 Å². The van der Waals surface area contributed by atoms with E-state index in [4.69, 9.17) is 5.73 Å². The van der Waals surface area contributed by atoms with Gasteiger partial charge < -0.3 is 15.7 Å². The van der Waals surface area contributed by atoms with E-state index in [-0.39, 0.29) is 6.10 Å². The van der Waals surface area contributed by atoms with Crippen LogP contribution < -0.4 is 5.73 Å². The molecular formula is C22H40N2O. The molecule has 5 unspecified atom stereocenters. The summed E-state index contributed by atoms with van der Waals surface area (Å²) in [6, 6.07) is 0.737. The highest BCUT2D eigenvalue weighted by Crippen LogP contribution is 2.66. The number of hydrogen-bond donors (Lipinski definition) is 2. The molecule has 8 atom stereocenters. The molecule has 3 nitrogen and oxygen atoms in total. The fourth-order valence-electron chi connectivity index (χ4n) is 8.29. The number of nitrogens with two attached hydrogens (primary N) is 1. The number of rotatable bonds is 3. The van der Waals surface area contributed by atoms with Gasteiger partial charge in [-0.2, -0.15) is 0 Å². The van der Waals surface area contributed by atoms with E-state index >= 15 is 0 Å². The van der Waals surface area contributed by atoms with Gasteiger partial charge >= 0.3 is 0 Å². The molecule has 0 amide bonds. The first-order chi connectivity index (χ1) is 11.9. The highest BCUT2D eigenvalue weighted by Gasteiger charge is 2.60. The Labute approximate surface area is 154 Å². The van der Waals surface area contributed by atoms with E-state index < -0.39 is 0 Å². The lowest BCUT2D eigenvalue weighted by Gasteiger charge is -2.61. The van der Waals surface area contributed by atoms with Gasteiger partial charge in [-0.25, -0.2) is 0 Å². The molecule has 144 valence electrons. The maximum atomic E-state index is 10.2. The van der Waals surface area contributed by atoms with Crippen molar-refractivity contribution in [3.63, 3.8) is 0 Å². The zero-order chi connectivity index (χ0) is 17.8.